The second-order valence-corrected chi connectivity index (χ2v) is 6.37. The first kappa shape index (κ1) is 16.1. The van der Waals surface area contributed by atoms with Crippen LogP contribution in [0.1, 0.15) is 16.7 Å². The van der Waals surface area contributed by atoms with Gasteiger partial charge in [0, 0.05) is 4.47 Å². The lowest BCUT2D eigenvalue weighted by atomic mass is 9.91. The highest BCUT2D eigenvalue weighted by Gasteiger charge is 2.12. The van der Waals surface area contributed by atoms with Crippen molar-refractivity contribution in [3.8, 4) is 5.75 Å². The second-order valence-electron chi connectivity index (χ2n) is 5.45. The van der Waals surface area contributed by atoms with Crippen molar-refractivity contribution >= 4 is 15.9 Å². The minimum atomic E-state index is 0.418. The summed E-state index contributed by atoms with van der Waals surface area (Å²) < 4.78 is 6.57. The van der Waals surface area contributed by atoms with E-state index in [0.29, 0.717) is 12.5 Å². The molecule has 0 aliphatic carbocycles. The zero-order valence-corrected chi connectivity index (χ0v) is 14.2. The van der Waals surface area contributed by atoms with Crippen molar-refractivity contribution in [3.63, 3.8) is 0 Å². The number of methoxy groups -OCH3 is 1. The molecule has 0 aliphatic heterocycles. The molecule has 3 heteroatoms. The first-order chi connectivity index (χ1) is 10.1. The van der Waals surface area contributed by atoms with Crippen LogP contribution in [0.4, 0.5) is 0 Å². The molecule has 2 rings (SSSR count). The SMILES string of the molecule is COc1ccc(C)cc1CC(CN)Cc1ccc(Br)cc1. The van der Waals surface area contributed by atoms with E-state index in [1.165, 1.54) is 16.7 Å². The molecule has 1 atom stereocenters. The predicted octanol–water partition coefficient (Wildman–Crippen LogP) is 4.13. The van der Waals surface area contributed by atoms with E-state index in [4.69, 9.17) is 10.5 Å². The van der Waals surface area contributed by atoms with Crippen LogP contribution in [-0.2, 0) is 12.8 Å². The van der Waals surface area contributed by atoms with Gasteiger partial charge in [0.1, 0.15) is 5.75 Å². The fourth-order valence-corrected chi connectivity index (χ4v) is 2.83. The molecule has 0 amide bonds. The molecule has 0 bridgehead atoms. The van der Waals surface area contributed by atoms with Gasteiger partial charge in [0.2, 0.25) is 0 Å². The van der Waals surface area contributed by atoms with Crippen LogP contribution in [0.15, 0.2) is 46.9 Å². The van der Waals surface area contributed by atoms with E-state index < -0.39 is 0 Å². The van der Waals surface area contributed by atoms with E-state index >= 15 is 0 Å². The Kier molecular flexibility index (Phi) is 5.83. The van der Waals surface area contributed by atoms with Crippen molar-refractivity contribution in [1.29, 1.82) is 0 Å². The summed E-state index contributed by atoms with van der Waals surface area (Å²) >= 11 is 3.47. The van der Waals surface area contributed by atoms with Crippen LogP contribution in [0.3, 0.4) is 0 Å². The van der Waals surface area contributed by atoms with E-state index in [0.717, 1.165) is 23.1 Å². The van der Waals surface area contributed by atoms with Gasteiger partial charge in [-0.2, -0.15) is 0 Å². The Hall–Kier alpha value is -1.32. The van der Waals surface area contributed by atoms with Gasteiger partial charge < -0.3 is 10.5 Å². The topological polar surface area (TPSA) is 35.2 Å². The molecular weight excluding hydrogens is 326 g/mol. The van der Waals surface area contributed by atoms with E-state index in [-0.39, 0.29) is 0 Å². The van der Waals surface area contributed by atoms with E-state index in [2.05, 4.69) is 59.3 Å². The van der Waals surface area contributed by atoms with Gasteiger partial charge in [-0.25, -0.2) is 0 Å². The van der Waals surface area contributed by atoms with Crippen LogP contribution < -0.4 is 10.5 Å². The summed E-state index contributed by atoms with van der Waals surface area (Å²) in [4.78, 5) is 0. The Labute approximate surface area is 135 Å². The number of hydrogen-bond donors (Lipinski definition) is 1. The summed E-state index contributed by atoms with van der Waals surface area (Å²) in [5.41, 5.74) is 9.79. The molecule has 21 heavy (non-hydrogen) atoms. The van der Waals surface area contributed by atoms with Gasteiger partial charge >= 0.3 is 0 Å². The maximum absolute atomic E-state index is 5.98. The van der Waals surface area contributed by atoms with Crippen LogP contribution in [0.5, 0.6) is 5.75 Å². The number of benzene rings is 2. The molecule has 0 aromatic heterocycles. The third-order valence-corrected chi connectivity index (χ3v) is 4.24. The summed E-state index contributed by atoms with van der Waals surface area (Å²) in [5.74, 6) is 1.37. The van der Waals surface area contributed by atoms with Gasteiger partial charge in [0.15, 0.2) is 0 Å². The molecule has 2 N–H and O–H groups in total. The highest BCUT2D eigenvalue weighted by Crippen LogP contribution is 2.24. The molecule has 0 aliphatic rings. The van der Waals surface area contributed by atoms with Crippen molar-refractivity contribution in [2.75, 3.05) is 13.7 Å². The van der Waals surface area contributed by atoms with Crippen LogP contribution in [0, 0.1) is 12.8 Å². The molecule has 1 unspecified atom stereocenters. The van der Waals surface area contributed by atoms with Crippen molar-refractivity contribution in [2.24, 2.45) is 11.7 Å². The number of halogens is 1. The van der Waals surface area contributed by atoms with Gasteiger partial charge in [-0.05, 0) is 61.6 Å². The smallest absolute Gasteiger partial charge is 0.122 e. The minimum Gasteiger partial charge on any atom is -0.496 e. The van der Waals surface area contributed by atoms with Gasteiger partial charge in [0.05, 0.1) is 7.11 Å². The maximum atomic E-state index is 5.98. The number of rotatable bonds is 6. The van der Waals surface area contributed by atoms with Crippen molar-refractivity contribution < 1.29 is 4.74 Å². The van der Waals surface area contributed by atoms with Crippen LogP contribution in [0.25, 0.3) is 0 Å². The lowest BCUT2D eigenvalue weighted by molar-refractivity contribution is 0.403. The molecule has 0 radical (unpaired) electrons. The molecular formula is C18H22BrNO. The van der Waals surface area contributed by atoms with Crippen LogP contribution in [0.2, 0.25) is 0 Å². The normalized spacial score (nSPS) is 12.2. The zero-order valence-electron chi connectivity index (χ0n) is 12.6. The highest BCUT2D eigenvalue weighted by molar-refractivity contribution is 9.10. The molecule has 112 valence electrons. The molecule has 0 saturated heterocycles. The van der Waals surface area contributed by atoms with Gasteiger partial charge in [-0.3, -0.25) is 0 Å². The third-order valence-electron chi connectivity index (χ3n) is 3.72. The van der Waals surface area contributed by atoms with E-state index in [1.54, 1.807) is 7.11 Å². The number of nitrogens with two attached hydrogens (primary N) is 1. The van der Waals surface area contributed by atoms with Crippen molar-refractivity contribution in [1.82, 2.24) is 0 Å². The summed E-state index contributed by atoms with van der Waals surface area (Å²) in [5, 5.41) is 0. The Morgan fingerprint density at radius 1 is 1.10 bits per heavy atom. The van der Waals surface area contributed by atoms with E-state index in [1.807, 2.05) is 6.07 Å². The van der Waals surface area contributed by atoms with Gasteiger partial charge in [-0.15, -0.1) is 0 Å². The fourth-order valence-electron chi connectivity index (χ4n) is 2.57. The first-order valence-electron chi connectivity index (χ1n) is 7.20. The average Bonchev–Trinajstić information content (AvgIpc) is 2.49. The number of ether oxygens (including phenoxy) is 1. The maximum Gasteiger partial charge on any atom is 0.122 e. The summed E-state index contributed by atoms with van der Waals surface area (Å²) in [6.07, 6.45) is 1.93. The van der Waals surface area contributed by atoms with Crippen molar-refractivity contribution in [2.45, 2.75) is 19.8 Å². The number of aryl methyl sites for hydroxylation is 1. The Balaban J connectivity index is 2.11. The fraction of sp³-hybridized carbons (Fsp3) is 0.333. The molecule has 0 spiro atoms. The lowest BCUT2D eigenvalue weighted by Gasteiger charge is -2.17. The molecule has 2 aromatic carbocycles. The average molecular weight is 348 g/mol. The van der Waals surface area contributed by atoms with Gasteiger partial charge in [-0.1, -0.05) is 45.8 Å². The standard InChI is InChI=1S/C18H22BrNO/c1-13-3-8-18(21-2)16(9-13)11-15(12-20)10-14-4-6-17(19)7-5-14/h3-9,15H,10-12,20H2,1-2H3. The largest absolute Gasteiger partial charge is 0.496 e. The quantitative estimate of drug-likeness (QED) is 0.852. The van der Waals surface area contributed by atoms with Gasteiger partial charge in [0.25, 0.3) is 0 Å². The molecule has 2 aromatic rings. The molecule has 0 saturated carbocycles. The molecule has 0 heterocycles. The number of hydrogen-bond acceptors (Lipinski definition) is 2. The molecule has 2 nitrogen and oxygen atoms in total. The highest BCUT2D eigenvalue weighted by atomic mass is 79.9. The Bertz CT molecular complexity index is 580. The third kappa shape index (κ3) is 4.58. The van der Waals surface area contributed by atoms with Crippen LogP contribution in [-0.4, -0.2) is 13.7 Å². The monoisotopic (exact) mass is 347 g/mol. The minimum absolute atomic E-state index is 0.418. The van der Waals surface area contributed by atoms with Crippen molar-refractivity contribution in [3.05, 3.63) is 63.6 Å². The van der Waals surface area contributed by atoms with E-state index in [9.17, 15) is 0 Å². The summed E-state index contributed by atoms with van der Waals surface area (Å²) in [6.45, 7) is 2.78. The Morgan fingerprint density at radius 2 is 1.81 bits per heavy atom. The predicted molar refractivity (Wildman–Crippen MR) is 91.8 cm³/mol. The zero-order chi connectivity index (χ0) is 15.2. The summed E-state index contributed by atoms with van der Waals surface area (Å²) in [7, 11) is 1.72. The molecule has 0 fully saturated rings. The second kappa shape index (κ2) is 7.62. The Morgan fingerprint density at radius 3 is 2.43 bits per heavy atom. The first-order valence-corrected chi connectivity index (χ1v) is 7.99. The summed E-state index contributed by atoms with van der Waals surface area (Å²) in [6, 6.07) is 14.8. The lowest BCUT2D eigenvalue weighted by Crippen LogP contribution is -2.19. The van der Waals surface area contributed by atoms with Crippen LogP contribution >= 0.6 is 15.9 Å².